The van der Waals surface area contributed by atoms with Crippen LogP contribution in [-0.4, -0.2) is 24.4 Å². The molecule has 0 bridgehead atoms. The monoisotopic (exact) mass is 322 g/mol. The Morgan fingerprint density at radius 3 is 1.96 bits per heavy atom. The van der Waals surface area contributed by atoms with Crippen molar-refractivity contribution < 1.29 is 9.47 Å². The zero-order valence-corrected chi connectivity index (χ0v) is 15.5. The largest absolute Gasteiger partial charge is 0.369 e. The van der Waals surface area contributed by atoms with Crippen LogP contribution >= 0.6 is 0 Å². The molecule has 4 atom stereocenters. The van der Waals surface area contributed by atoms with Crippen molar-refractivity contribution in [3.8, 4) is 0 Å². The van der Waals surface area contributed by atoms with Gasteiger partial charge in [0.25, 0.3) is 0 Å². The summed E-state index contributed by atoms with van der Waals surface area (Å²) in [5.41, 5.74) is 0. The summed E-state index contributed by atoms with van der Waals surface area (Å²) in [6.07, 6.45) is 23.8. The van der Waals surface area contributed by atoms with Gasteiger partial charge in [-0.1, -0.05) is 83.8 Å². The first-order valence-corrected chi connectivity index (χ1v) is 10.3. The van der Waals surface area contributed by atoms with E-state index >= 15 is 0 Å². The first kappa shape index (κ1) is 19.0. The maximum atomic E-state index is 5.82. The number of hydrogen-bond donors (Lipinski definition) is 0. The zero-order chi connectivity index (χ0) is 16.3. The van der Waals surface area contributed by atoms with Crippen molar-refractivity contribution in [1.29, 1.82) is 0 Å². The Kier molecular flexibility index (Phi) is 9.29. The first-order chi connectivity index (χ1) is 11.3. The average molecular weight is 323 g/mol. The van der Waals surface area contributed by atoms with Crippen molar-refractivity contribution in [2.75, 3.05) is 0 Å². The molecular formula is C21H38O2. The minimum Gasteiger partial charge on any atom is -0.369 e. The van der Waals surface area contributed by atoms with E-state index < -0.39 is 0 Å². The van der Waals surface area contributed by atoms with Gasteiger partial charge in [-0.2, -0.15) is 0 Å². The Bertz CT molecular complexity index is 326. The molecule has 134 valence electrons. The predicted octanol–water partition coefficient (Wildman–Crippen LogP) is 6.19. The lowest BCUT2D eigenvalue weighted by Crippen LogP contribution is -2.01. The molecule has 2 aliphatic heterocycles. The van der Waals surface area contributed by atoms with Gasteiger partial charge < -0.3 is 9.47 Å². The van der Waals surface area contributed by atoms with Gasteiger partial charge in [0.15, 0.2) is 0 Å². The highest BCUT2D eigenvalue weighted by Crippen LogP contribution is 2.38. The summed E-state index contributed by atoms with van der Waals surface area (Å²) in [6, 6.07) is 0. The van der Waals surface area contributed by atoms with Crippen LogP contribution in [0.25, 0.3) is 0 Å². The summed E-state index contributed by atoms with van der Waals surface area (Å²) in [5.74, 6) is 0. The lowest BCUT2D eigenvalue weighted by molar-refractivity contribution is 0.320. The third kappa shape index (κ3) is 8.35. The molecule has 0 saturated carbocycles. The van der Waals surface area contributed by atoms with Crippen molar-refractivity contribution in [2.45, 2.75) is 122 Å². The zero-order valence-electron chi connectivity index (χ0n) is 15.5. The van der Waals surface area contributed by atoms with Crippen LogP contribution in [0.1, 0.15) is 97.3 Å². The summed E-state index contributed by atoms with van der Waals surface area (Å²) < 4.78 is 11.5. The minimum atomic E-state index is 0.481. The van der Waals surface area contributed by atoms with Gasteiger partial charge in [0.05, 0.1) is 24.4 Å². The van der Waals surface area contributed by atoms with E-state index in [2.05, 4.69) is 26.0 Å². The van der Waals surface area contributed by atoms with Gasteiger partial charge in [0.1, 0.15) is 0 Å². The summed E-state index contributed by atoms with van der Waals surface area (Å²) >= 11 is 0. The number of allylic oxidation sites excluding steroid dienone is 1. The molecule has 0 spiro atoms. The van der Waals surface area contributed by atoms with Crippen molar-refractivity contribution >= 4 is 0 Å². The van der Waals surface area contributed by atoms with E-state index in [4.69, 9.17) is 9.47 Å². The third-order valence-corrected chi connectivity index (χ3v) is 5.20. The van der Waals surface area contributed by atoms with Crippen LogP contribution in [0, 0.1) is 0 Å². The van der Waals surface area contributed by atoms with Crippen molar-refractivity contribution in [2.24, 2.45) is 0 Å². The number of rotatable bonds is 15. The van der Waals surface area contributed by atoms with Crippen LogP contribution < -0.4 is 0 Å². The number of unbranched alkanes of at least 4 members (excludes halogenated alkanes) is 8. The Balaban J connectivity index is 1.34. The fraction of sp³-hybridized carbons (Fsp3) is 0.905. The summed E-state index contributed by atoms with van der Waals surface area (Å²) in [6.45, 7) is 4.46. The smallest absolute Gasteiger partial charge is 0.0877 e. The molecule has 0 aromatic rings. The molecule has 2 saturated heterocycles. The molecule has 2 nitrogen and oxygen atoms in total. The summed E-state index contributed by atoms with van der Waals surface area (Å²) in [4.78, 5) is 0. The summed E-state index contributed by atoms with van der Waals surface area (Å²) in [5, 5.41) is 0. The van der Waals surface area contributed by atoms with Gasteiger partial charge in [0, 0.05) is 6.42 Å². The molecule has 2 heterocycles. The number of ether oxygens (including phenoxy) is 2. The van der Waals surface area contributed by atoms with E-state index in [1.54, 1.807) is 0 Å². The molecule has 0 aromatic carbocycles. The van der Waals surface area contributed by atoms with E-state index in [1.807, 2.05) is 0 Å². The van der Waals surface area contributed by atoms with Crippen LogP contribution in [0.5, 0.6) is 0 Å². The van der Waals surface area contributed by atoms with Crippen molar-refractivity contribution in [3.63, 3.8) is 0 Å². The molecule has 0 aromatic heterocycles. The molecule has 2 fully saturated rings. The molecule has 2 heteroatoms. The van der Waals surface area contributed by atoms with Gasteiger partial charge in [-0.05, 0) is 19.3 Å². The van der Waals surface area contributed by atoms with Crippen LogP contribution in [0.4, 0.5) is 0 Å². The first-order valence-electron chi connectivity index (χ1n) is 10.3. The van der Waals surface area contributed by atoms with E-state index in [0.29, 0.717) is 24.4 Å². The minimum absolute atomic E-state index is 0.481. The molecule has 2 aliphatic rings. The predicted molar refractivity (Wildman–Crippen MR) is 97.8 cm³/mol. The molecule has 0 radical (unpaired) electrons. The van der Waals surface area contributed by atoms with E-state index in [0.717, 1.165) is 19.3 Å². The van der Waals surface area contributed by atoms with Gasteiger partial charge in [-0.3, -0.25) is 0 Å². The highest BCUT2D eigenvalue weighted by Gasteiger charge is 2.47. The molecular weight excluding hydrogens is 284 g/mol. The Hall–Kier alpha value is -0.340. The normalized spacial score (nSPS) is 29.3. The van der Waals surface area contributed by atoms with E-state index in [9.17, 15) is 0 Å². The second-order valence-corrected chi connectivity index (χ2v) is 7.39. The van der Waals surface area contributed by atoms with Crippen LogP contribution in [-0.2, 0) is 9.47 Å². The van der Waals surface area contributed by atoms with Crippen LogP contribution in [0.15, 0.2) is 12.2 Å². The lowest BCUT2D eigenvalue weighted by Gasteiger charge is -2.01. The topological polar surface area (TPSA) is 25.1 Å². The molecule has 23 heavy (non-hydrogen) atoms. The van der Waals surface area contributed by atoms with Gasteiger partial charge in [-0.25, -0.2) is 0 Å². The molecule has 0 unspecified atom stereocenters. The fourth-order valence-electron chi connectivity index (χ4n) is 3.52. The van der Waals surface area contributed by atoms with Crippen molar-refractivity contribution in [3.05, 3.63) is 12.2 Å². The Morgan fingerprint density at radius 2 is 1.26 bits per heavy atom. The third-order valence-electron chi connectivity index (χ3n) is 5.20. The molecule has 0 aliphatic carbocycles. The van der Waals surface area contributed by atoms with E-state index in [-0.39, 0.29) is 0 Å². The van der Waals surface area contributed by atoms with Gasteiger partial charge >= 0.3 is 0 Å². The quantitative estimate of drug-likeness (QED) is 0.204. The number of hydrogen-bond acceptors (Lipinski definition) is 2. The SMILES string of the molecule is CC/C=C\C[C@H]1O[C@H]1C[C@@H]1O[C@@H]1CCCCCCCCCCC. The second kappa shape index (κ2) is 11.3. The van der Waals surface area contributed by atoms with Crippen molar-refractivity contribution in [1.82, 2.24) is 0 Å². The molecule has 0 amide bonds. The van der Waals surface area contributed by atoms with Crippen LogP contribution in [0.2, 0.25) is 0 Å². The average Bonchev–Trinajstić information content (AvgIpc) is 3.46. The van der Waals surface area contributed by atoms with Gasteiger partial charge in [-0.15, -0.1) is 0 Å². The number of epoxide rings is 2. The fourth-order valence-corrected chi connectivity index (χ4v) is 3.52. The highest BCUT2D eigenvalue weighted by atomic mass is 16.6. The Morgan fingerprint density at radius 1 is 0.652 bits per heavy atom. The van der Waals surface area contributed by atoms with Crippen LogP contribution in [0.3, 0.4) is 0 Å². The highest BCUT2D eigenvalue weighted by molar-refractivity contribution is 4.98. The molecule has 2 rings (SSSR count). The van der Waals surface area contributed by atoms with Gasteiger partial charge in [0.2, 0.25) is 0 Å². The molecule has 0 N–H and O–H groups in total. The van der Waals surface area contributed by atoms with E-state index in [1.165, 1.54) is 64.2 Å². The summed E-state index contributed by atoms with van der Waals surface area (Å²) in [7, 11) is 0. The lowest BCUT2D eigenvalue weighted by atomic mass is 10.0. The standard InChI is InChI=1S/C21H38O2/c1-3-5-7-8-9-10-11-12-14-16-19-21(23-19)17-20-18(22-20)15-13-6-4-2/h6,13,18-21H,3-5,7-12,14-17H2,1-2H3/b13-6-/t18-,19-,20+,21+/m1/s1. The Labute approximate surface area is 144 Å². The second-order valence-electron chi connectivity index (χ2n) is 7.39. The maximum absolute atomic E-state index is 5.82. The maximum Gasteiger partial charge on any atom is 0.0877 e.